The number of rotatable bonds is 8. The predicted octanol–water partition coefficient (Wildman–Crippen LogP) is 2.88. The number of ether oxygens (including phenoxy) is 2. The average Bonchev–Trinajstić information content (AvgIpc) is 3.24. The van der Waals surface area contributed by atoms with E-state index in [4.69, 9.17) is 9.47 Å². The van der Waals surface area contributed by atoms with Gasteiger partial charge < -0.3 is 25.4 Å². The summed E-state index contributed by atoms with van der Waals surface area (Å²) in [7, 11) is 0. The summed E-state index contributed by atoms with van der Waals surface area (Å²) < 4.78 is 10.8. The third-order valence-corrected chi connectivity index (χ3v) is 7.40. The second-order valence-corrected chi connectivity index (χ2v) is 9.59. The van der Waals surface area contributed by atoms with E-state index in [1.807, 2.05) is 24.3 Å². The monoisotopic (exact) mass is 489 g/mol. The van der Waals surface area contributed by atoms with Crippen molar-refractivity contribution in [2.24, 2.45) is 5.92 Å². The Morgan fingerprint density at radius 3 is 2.36 bits per heavy atom. The van der Waals surface area contributed by atoms with E-state index < -0.39 is 23.6 Å². The largest absolute Gasteiger partial charge is 0.464 e. The number of carbonyl (C=O) groups excluding carboxylic acids is 3. The SMILES string of the molecule is C=CC1C[C@]1(NC(=O)[C@@H]1CC(NC(=O)OCC2c3ccccc3-c3ccccc32)CN1)C(=O)OCC. The molecule has 2 aromatic carbocycles. The van der Waals surface area contributed by atoms with Crippen LogP contribution in [0.2, 0.25) is 0 Å². The Balaban J connectivity index is 1.14. The normalized spacial score (nSPS) is 25.9. The summed E-state index contributed by atoms with van der Waals surface area (Å²) in [5.41, 5.74) is 3.62. The van der Waals surface area contributed by atoms with E-state index in [1.54, 1.807) is 13.0 Å². The molecule has 1 saturated heterocycles. The zero-order chi connectivity index (χ0) is 25.3. The van der Waals surface area contributed by atoms with Gasteiger partial charge in [-0.2, -0.15) is 0 Å². The molecule has 2 aromatic rings. The number of benzene rings is 2. The third-order valence-electron chi connectivity index (χ3n) is 7.40. The minimum Gasteiger partial charge on any atom is -0.464 e. The van der Waals surface area contributed by atoms with Crippen LogP contribution in [0.25, 0.3) is 11.1 Å². The van der Waals surface area contributed by atoms with Crippen LogP contribution in [-0.4, -0.2) is 55.4 Å². The van der Waals surface area contributed by atoms with Crippen molar-refractivity contribution < 1.29 is 23.9 Å². The van der Waals surface area contributed by atoms with Crippen LogP contribution in [0.15, 0.2) is 61.2 Å². The van der Waals surface area contributed by atoms with Gasteiger partial charge in [-0.1, -0.05) is 54.6 Å². The molecular weight excluding hydrogens is 458 g/mol. The zero-order valence-corrected chi connectivity index (χ0v) is 20.3. The second-order valence-electron chi connectivity index (χ2n) is 9.59. The lowest BCUT2D eigenvalue weighted by molar-refractivity contribution is -0.149. The summed E-state index contributed by atoms with van der Waals surface area (Å²) in [6, 6.07) is 15.6. The van der Waals surface area contributed by atoms with Crippen LogP contribution in [0.4, 0.5) is 4.79 Å². The van der Waals surface area contributed by atoms with Crippen molar-refractivity contribution in [1.29, 1.82) is 0 Å². The van der Waals surface area contributed by atoms with Gasteiger partial charge in [0.05, 0.1) is 12.6 Å². The van der Waals surface area contributed by atoms with Crippen molar-refractivity contribution in [3.63, 3.8) is 0 Å². The lowest BCUT2D eigenvalue weighted by Gasteiger charge is -2.20. The molecule has 0 spiro atoms. The van der Waals surface area contributed by atoms with Gasteiger partial charge in [-0.05, 0) is 42.0 Å². The van der Waals surface area contributed by atoms with E-state index in [-0.39, 0.29) is 37.0 Å². The molecule has 8 heteroatoms. The number of hydrogen-bond donors (Lipinski definition) is 3. The number of esters is 1. The number of hydrogen-bond acceptors (Lipinski definition) is 6. The van der Waals surface area contributed by atoms with E-state index in [2.05, 4.69) is 46.8 Å². The number of fused-ring (bicyclic) bond motifs is 3. The molecule has 2 unspecified atom stereocenters. The molecule has 36 heavy (non-hydrogen) atoms. The first kappa shape index (κ1) is 24.1. The van der Waals surface area contributed by atoms with E-state index in [0.717, 1.165) is 11.1 Å². The standard InChI is InChI=1S/C28H31N3O5/c1-3-17-14-28(17,26(33)35-4-2)31-25(32)24-13-18(15-29-24)30-27(34)36-16-23-21-11-7-5-9-19(21)20-10-6-8-12-22(20)23/h3,5-12,17-18,23-24,29H,1,4,13-16H2,2H3,(H,30,34)(H,31,32)/t17?,18?,24-,28+/m0/s1. The van der Waals surface area contributed by atoms with Gasteiger partial charge in [0.1, 0.15) is 12.1 Å². The molecule has 1 aliphatic heterocycles. The number of nitrogens with one attached hydrogen (secondary N) is 3. The summed E-state index contributed by atoms with van der Waals surface area (Å²) in [4.78, 5) is 37.9. The van der Waals surface area contributed by atoms with Crippen molar-refractivity contribution in [2.45, 2.75) is 43.3 Å². The van der Waals surface area contributed by atoms with E-state index in [0.29, 0.717) is 19.4 Å². The van der Waals surface area contributed by atoms with Crippen LogP contribution in [0.3, 0.4) is 0 Å². The van der Waals surface area contributed by atoms with E-state index in [1.165, 1.54) is 11.1 Å². The molecule has 2 amide bonds. The zero-order valence-electron chi connectivity index (χ0n) is 20.3. The molecule has 3 aliphatic rings. The van der Waals surface area contributed by atoms with E-state index in [9.17, 15) is 14.4 Å². The van der Waals surface area contributed by atoms with Crippen molar-refractivity contribution >= 4 is 18.0 Å². The lowest BCUT2D eigenvalue weighted by Crippen LogP contribution is -2.51. The Bertz CT molecular complexity index is 1150. The summed E-state index contributed by atoms with van der Waals surface area (Å²) in [5.74, 6) is -0.880. The van der Waals surface area contributed by atoms with Crippen LogP contribution in [-0.2, 0) is 19.1 Å². The molecule has 0 radical (unpaired) electrons. The highest BCUT2D eigenvalue weighted by Crippen LogP contribution is 2.46. The fourth-order valence-electron chi connectivity index (χ4n) is 5.42. The maximum absolute atomic E-state index is 12.9. The quantitative estimate of drug-likeness (QED) is 0.389. The van der Waals surface area contributed by atoms with Gasteiger partial charge in [0, 0.05) is 24.4 Å². The number of amides is 2. The van der Waals surface area contributed by atoms with Crippen molar-refractivity contribution in [3.05, 3.63) is 72.3 Å². The molecule has 3 N–H and O–H groups in total. The maximum atomic E-state index is 12.9. The van der Waals surface area contributed by atoms with Gasteiger partial charge in [0.2, 0.25) is 5.91 Å². The molecule has 5 rings (SSSR count). The van der Waals surface area contributed by atoms with Gasteiger partial charge in [-0.25, -0.2) is 9.59 Å². The number of carbonyl (C=O) groups is 3. The van der Waals surface area contributed by atoms with Crippen molar-refractivity contribution in [1.82, 2.24) is 16.0 Å². The Labute approximate surface area is 210 Å². The molecule has 8 nitrogen and oxygen atoms in total. The smallest absolute Gasteiger partial charge is 0.407 e. The maximum Gasteiger partial charge on any atom is 0.407 e. The Kier molecular flexibility index (Phi) is 6.53. The Hall–Kier alpha value is -3.65. The van der Waals surface area contributed by atoms with Crippen LogP contribution < -0.4 is 16.0 Å². The summed E-state index contributed by atoms with van der Waals surface area (Å²) in [6.07, 6.45) is 2.03. The van der Waals surface area contributed by atoms with Crippen molar-refractivity contribution in [3.8, 4) is 11.1 Å². The summed E-state index contributed by atoms with van der Waals surface area (Å²) in [6.45, 7) is 6.38. The highest BCUT2D eigenvalue weighted by Gasteiger charge is 2.61. The van der Waals surface area contributed by atoms with Gasteiger partial charge in [-0.3, -0.25) is 4.79 Å². The fraction of sp³-hybridized carbons (Fsp3) is 0.393. The molecule has 188 valence electrons. The second kappa shape index (κ2) is 9.78. The first-order valence-corrected chi connectivity index (χ1v) is 12.4. The fourth-order valence-corrected chi connectivity index (χ4v) is 5.42. The highest BCUT2D eigenvalue weighted by molar-refractivity contribution is 5.93. The minimum atomic E-state index is -1.03. The van der Waals surface area contributed by atoms with Gasteiger partial charge >= 0.3 is 12.1 Å². The van der Waals surface area contributed by atoms with Gasteiger partial charge in [-0.15, -0.1) is 6.58 Å². The van der Waals surface area contributed by atoms with Crippen LogP contribution >= 0.6 is 0 Å². The average molecular weight is 490 g/mol. The van der Waals surface area contributed by atoms with Crippen LogP contribution in [0, 0.1) is 5.92 Å². The first-order valence-electron chi connectivity index (χ1n) is 12.4. The molecular formula is C28H31N3O5. The topological polar surface area (TPSA) is 106 Å². The van der Waals surface area contributed by atoms with Crippen molar-refractivity contribution in [2.75, 3.05) is 19.8 Å². The lowest BCUT2D eigenvalue weighted by atomic mass is 9.98. The van der Waals surface area contributed by atoms with Gasteiger partial charge in [0.25, 0.3) is 0 Å². The molecule has 0 aromatic heterocycles. The minimum absolute atomic E-state index is 0.0150. The van der Waals surface area contributed by atoms with Crippen LogP contribution in [0.1, 0.15) is 36.8 Å². The number of alkyl carbamates (subject to hydrolysis) is 1. The Morgan fingerprint density at radius 2 is 1.75 bits per heavy atom. The van der Waals surface area contributed by atoms with Gasteiger partial charge in [0.15, 0.2) is 0 Å². The first-order chi connectivity index (χ1) is 17.5. The van der Waals surface area contributed by atoms with E-state index >= 15 is 0 Å². The molecule has 2 aliphatic carbocycles. The highest BCUT2D eigenvalue weighted by atomic mass is 16.5. The molecule has 1 heterocycles. The van der Waals surface area contributed by atoms with Crippen LogP contribution in [0.5, 0.6) is 0 Å². The summed E-state index contributed by atoms with van der Waals surface area (Å²) >= 11 is 0. The molecule has 4 atom stereocenters. The molecule has 1 saturated carbocycles. The molecule has 0 bridgehead atoms. The summed E-state index contributed by atoms with van der Waals surface area (Å²) in [5, 5.41) is 8.85. The third kappa shape index (κ3) is 4.37. The predicted molar refractivity (Wildman–Crippen MR) is 134 cm³/mol. The Morgan fingerprint density at radius 1 is 1.08 bits per heavy atom. The molecule has 2 fully saturated rings.